The van der Waals surface area contributed by atoms with Crippen molar-refractivity contribution in [1.29, 1.82) is 0 Å². The molecule has 3 rings (SSSR count). The highest BCUT2D eigenvalue weighted by molar-refractivity contribution is 9.10. The van der Waals surface area contributed by atoms with Crippen LogP contribution in [0.15, 0.2) is 33.9 Å². The van der Waals surface area contributed by atoms with Crippen LogP contribution in [0.4, 0.5) is 11.9 Å². The monoisotopic (exact) mass is 478 g/mol. The smallest absolute Gasteiger partial charge is 0.261 e. The van der Waals surface area contributed by atoms with Crippen molar-refractivity contribution in [3.8, 4) is 0 Å². The van der Waals surface area contributed by atoms with Crippen LogP contribution in [-0.2, 0) is 4.79 Å². The van der Waals surface area contributed by atoms with Crippen molar-refractivity contribution in [2.45, 2.75) is 32.0 Å². The van der Waals surface area contributed by atoms with Gasteiger partial charge < -0.3 is 16.0 Å². The van der Waals surface area contributed by atoms with Gasteiger partial charge in [0.1, 0.15) is 0 Å². The van der Waals surface area contributed by atoms with Crippen LogP contribution in [0.3, 0.4) is 0 Å². The minimum atomic E-state index is -0.114. The first-order chi connectivity index (χ1) is 14.0. The number of amides is 1. The molecular weight excluding hydrogens is 456 g/mol. The predicted octanol–water partition coefficient (Wildman–Crippen LogP) is 3.11. The summed E-state index contributed by atoms with van der Waals surface area (Å²) >= 11 is 4.81. The van der Waals surface area contributed by atoms with E-state index in [0.29, 0.717) is 35.9 Å². The summed E-state index contributed by atoms with van der Waals surface area (Å²) in [6.07, 6.45) is 0. The van der Waals surface area contributed by atoms with Gasteiger partial charge in [-0.2, -0.15) is 9.97 Å². The molecule has 0 radical (unpaired) electrons. The van der Waals surface area contributed by atoms with Crippen molar-refractivity contribution in [3.63, 3.8) is 0 Å². The lowest BCUT2D eigenvalue weighted by Gasteiger charge is -2.15. The van der Waals surface area contributed by atoms with E-state index in [9.17, 15) is 4.79 Å². The number of hydrogen-bond donors (Lipinski definition) is 3. The van der Waals surface area contributed by atoms with Crippen LogP contribution in [0.5, 0.6) is 0 Å². The first-order valence-corrected chi connectivity index (χ1v) is 11.1. The Kier molecular flexibility index (Phi) is 7.26. The van der Waals surface area contributed by atoms with Crippen molar-refractivity contribution in [2.24, 2.45) is 0 Å². The average Bonchev–Trinajstić information content (AvgIpc) is 3.10. The van der Waals surface area contributed by atoms with Gasteiger partial charge in [-0.3, -0.25) is 4.79 Å². The Balaban J connectivity index is 1.71. The van der Waals surface area contributed by atoms with Gasteiger partial charge in [-0.05, 0) is 32.4 Å². The molecule has 0 saturated carbocycles. The SMILES string of the molecule is CCNc1nc(NCC)n2c(SCC(=O)NC(C)c3ccccc3Br)nnc2n1. The lowest BCUT2D eigenvalue weighted by molar-refractivity contribution is -0.119. The summed E-state index contributed by atoms with van der Waals surface area (Å²) in [4.78, 5) is 21.3. The van der Waals surface area contributed by atoms with Gasteiger partial charge in [0.25, 0.3) is 5.78 Å². The van der Waals surface area contributed by atoms with Gasteiger partial charge in [-0.1, -0.05) is 45.9 Å². The fraction of sp³-hybridized carbons (Fsp3) is 0.389. The molecule has 0 aliphatic carbocycles. The van der Waals surface area contributed by atoms with Crippen LogP contribution in [0.2, 0.25) is 0 Å². The zero-order valence-corrected chi connectivity index (χ0v) is 18.8. The second kappa shape index (κ2) is 9.88. The van der Waals surface area contributed by atoms with Crippen LogP contribution < -0.4 is 16.0 Å². The van der Waals surface area contributed by atoms with E-state index in [0.717, 1.165) is 10.0 Å². The minimum absolute atomic E-state index is 0.0924. The molecule has 3 aromatic rings. The highest BCUT2D eigenvalue weighted by Crippen LogP contribution is 2.24. The number of fused-ring (bicyclic) bond motifs is 1. The van der Waals surface area contributed by atoms with Crippen molar-refractivity contribution in [1.82, 2.24) is 29.9 Å². The number of anilines is 2. The molecule has 0 aliphatic heterocycles. The summed E-state index contributed by atoms with van der Waals surface area (Å²) in [5.74, 6) is 1.61. The Labute approximate surface area is 181 Å². The molecule has 29 heavy (non-hydrogen) atoms. The average molecular weight is 479 g/mol. The van der Waals surface area contributed by atoms with E-state index >= 15 is 0 Å². The summed E-state index contributed by atoms with van der Waals surface area (Å²) in [5.41, 5.74) is 1.03. The quantitative estimate of drug-likeness (QED) is 0.402. The third-order valence-corrected chi connectivity index (χ3v) is 5.65. The second-order valence-corrected chi connectivity index (χ2v) is 7.95. The zero-order chi connectivity index (χ0) is 20.8. The molecule has 11 heteroatoms. The van der Waals surface area contributed by atoms with Crippen molar-refractivity contribution < 1.29 is 4.79 Å². The van der Waals surface area contributed by atoms with Gasteiger partial charge >= 0.3 is 0 Å². The molecule has 2 heterocycles. The van der Waals surface area contributed by atoms with E-state index in [1.807, 2.05) is 45.0 Å². The molecule has 1 unspecified atom stereocenters. The normalized spacial score (nSPS) is 12.0. The number of halogens is 1. The molecule has 1 amide bonds. The lowest BCUT2D eigenvalue weighted by Crippen LogP contribution is -2.28. The van der Waals surface area contributed by atoms with Crippen molar-refractivity contribution >= 4 is 51.3 Å². The van der Waals surface area contributed by atoms with E-state index < -0.39 is 0 Å². The number of nitrogens with zero attached hydrogens (tertiary/aromatic N) is 5. The molecule has 1 atom stereocenters. The van der Waals surface area contributed by atoms with Gasteiger partial charge in [0, 0.05) is 17.6 Å². The maximum Gasteiger partial charge on any atom is 0.261 e. The molecule has 3 N–H and O–H groups in total. The zero-order valence-electron chi connectivity index (χ0n) is 16.4. The van der Waals surface area contributed by atoms with Crippen LogP contribution in [-0.4, -0.2) is 49.3 Å². The first-order valence-electron chi connectivity index (χ1n) is 9.31. The van der Waals surface area contributed by atoms with Crippen LogP contribution in [0.25, 0.3) is 5.78 Å². The third kappa shape index (κ3) is 5.15. The van der Waals surface area contributed by atoms with Gasteiger partial charge in [0.05, 0.1) is 11.8 Å². The third-order valence-electron chi connectivity index (χ3n) is 4.00. The van der Waals surface area contributed by atoms with E-state index in [2.05, 4.69) is 52.0 Å². The number of aromatic nitrogens is 5. The maximum absolute atomic E-state index is 12.5. The minimum Gasteiger partial charge on any atom is -0.355 e. The standard InChI is InChI=1S/C18H23BrN8OS/c1-4-20-15-23-16(21-5-2)27-17(24-15)25-26-18(27)29-10-14(28)22-11(3)12-8-6-7-9-13(12)19/h6-9,11H,4-5,10H2,1-3H3,(H,22,28)(H2,20,21,23,24,25). The second-order valence-electron chi connectivity index (χ2n) is 6.15. The molecule has 1 aromatic carbocycles. The Morgan fingerprint density at radius 2 is 1.93 bits per heavy atom. The van der Waals surface area contributed by atoms with E-state index in [-0.39, 0.29) is 17.7 Å². The molecule has 9 nitrogen and oxygen atoms in total. The largest absolute Gasteiger partial charge is 0.355 e. The van der Waals surface area contributed by atoms with Gasteiger partial charge in [-0.25, -0.2) is 4.40 Å². The summed E-state index contributed by atoms with van der Waals surface area (Å²) in [7, 11) is 0. The Morgan fingerprint density at radius 3 is 2.66 bits per heavy atom. The number of carbonyl (C=O) groups is 1. The molecule has 0 aliphatic rings. The molecule has 0 fully saturated rings. The Morgan fingerprint density at radius 1 is 1.17 bits per heavy atom. The topological polar surface area (TPSA) is 109 Å². The van der Waals surface area contributed by atoms with Crippen molar-refractivity contribution in [2.75, 3.05) is 29.5 Å². The molecular formula is C18H23BrN8OS. The van der Waals surface area contributed by atoms with Gasteiger partial charge in [-0.15, -0.1) is 10.2 Å². The first kappa shape index (κ1) is 21.3. The lowest BCUT2D eigenvalue weighted by atomic mass is 10.1. The fourth-order valence-electron chi connectivity index (χ4n) is 2.71. The summed E-state index contributed by atoms with van der Waals surface area (Å²) in [6.45, 7) is 7.29. The van der Waals surface area contributed by atoms with E-state index in [4.69, 9.17) is 0 Å². The van der Waals surface area contributed by atoms with Gasteiger partial charge in [0.2, 0.25) is 17.8 Å². The molecule has 2 aromatic heterocycles. The van der Waals surface area contributed by atoms with Crippen LogP contribution >= 0.6 is 27.7 Å². The maximum atomic E-state index is 12.5. The van der Waals surface area contributed by atoms with E-state index in [1.165, 1.54) is 11.8 Å². The number of carbonyl (C=O) groups excluding carboxylic acids is 1. The van der Waals surface area contributed by atoms with Gasteiger partial charge in [0.15, 0.2) is 5.16 Å². The Hall–Kier alpha value is -2.40. The Bertz CT molecular complexity index is 995. The van der Waals surface area contributed by atoms with Crippen molar-refractivity contribution in [3.05, 3.63) is 34.3 Å². The van der Waals surface area contributed by atoms with E-state index in [1.54, 1.807) is 4.40 Å². The summed E-state index contributed by atoms with van der Waals surface area (Å²) < 4.78 is 2.69. The summed E-state index contributed by atoms with van der Waals surface area (Å²) in [6, 6.07) is 7.72. The number of nitrogens with one attached hydrogen (secondary N) is 3. The molecule has 154 valence electrons. The van der Waals surface area contributed by atoms with Crippen LogP contribution in [0, 0.1) is 0 Å². The number of hydrogen-bond acceptors (Lipinski definition) is 8. The molecule has 0 saturated heterocycles. The predicted molar refractivity (Wildman–Crippen MR) is 118 cm³/mol. The molecule has 0 bridgehead atoms. The highest BCUT2D eigenvalue weighted by Gasteiger charge is 2.17. The fourth-order valence-corrected chi connectivity index (χ4v) is 4.08. The van der Waals surface area contributed by atoms with Crippen LogP contribution in [0.1, 0.15) is 32.4 Å². The number of benzene rings is 1. The summed E-state index contributed by atoms with van der Waals surface area (Å²) in [5, 5.41) is 18.2. The number of rotatable bonds is 9. The highest BCUT2D eigenvalue weighted by atomic mass is 79.9. The molecule has 0 spiro atoms. The number of thioether (sulfide) groups is 1.